The molecule has 0 aliphatic carbocycles. The molecule has 0 amide bonds. The van der Waals surface area contributed by atoms with E-state index >= 15 is 0 Å². The molecule has 0 radical (unpaired) electrons. The van der Waals surface area contributed by atoms with E-state index < -0.39 is 40.1 Å². The van der Waals surface area contributed by atoms with Crippen molar-refractivity contribution in [1.29, 1.82) is 0 Å². The van der Waals surface area contributed by atoms with Crippen LogP contribution in [0.5, 0.6) is 17.2 Å². The SMILES string of the molecule is CC(=O)Oc1c([N+](=O)[O-])ccc2c1OC(CO[N+](=O)[O-])CO2. The Bertz CT molecular complexity index is 630. The van der Waals surface area contributed by atoms with Gasteiger partial charge in [-0.25, -0.2) is 0 Å². The van der Waals surface area contributed by atoms with E-state index in [1.54, 1.807) is 0 Å². The molecule has 0 saturated heterocycles. The molecule has 0 N–H and O–H groups in total. The second kappa shape index (κ2) is 6.11. The molecule has 1 aliphatic rings. The highest BCUT2D eigenvalue weighted by Crippen LogP contribution is 2.46. The first-order valence-electron chi connectivity index (χ1n) is 5.95. The van der Waals surface area contributed by atoms with Crippen molar-refractivity contribution in [1.82, 2.24) is 0 Å². The molecule has 11 nitrogen and oxygen atoms in total. The van der Waals surface area contributed by atoms with Crippen LogP contribution in [0.4, 0.5) is 5.69 Å². The van der Waals surface area contributed by atoms with Crippen molar-refractivity contribution in [2.45, 2.75) is 13.0 Å². The van der Waals surface area contributed by atoms with E-state index in [0.29, 0.717) is 0 Å². The maximum atomic E-state index is 11.1. The van der Waals surface area contributed by atoms with Crippen LogP contribution in [0.2, 0.25) is 0 Å². The summed E-state index contributed by atoms with van der Waals surface area (Å²) < 4.78 is 15.5. The van der Waals surface area contributed by atoms with Crippen molar-refractivity contribution in [3.63, 3.8) is 0 Å². The number of nitrogens with zero attached hydrogens (tertiary/aromatic N) is 2. The molecule has 0 fully saturated rings. The monoisotopic (exact) mass is 314 g/mol. The Morgan fingerprint density at radius 3 is 2.73 bits per heavy atom. The minimum atomic E-state index is -1.00. The number of hydrogen-bond acceptors (Lipinski definition) is 9. The quantitative estimate of drug-likeness (QED) is 0.335. The van der Waals surface area contributed by atoms with E-state index in [1.165, 1.54) is 6.07 Å². The molecule has 0 aromatic heterocycles. The normalized spacial score (nSPS) is 15.8. The highest BCUT2D eigenvalue weighted by atomic mass is 17.0. The van der Waals surface area contributed by atoms with Gasteiger partial charge in [0.2, 0.25) is 5.75 Å². The highest BCUT2D eigenvalue weighted by Gasteiger charge is 2.32. The average Bonchev–Trinajstić information content (AvgIpc) is 2.44. The largest absolute Gasteiger partial charge is 0.486 e. The Balaban J connectivity index is 2.33. The van der Waals surface area contributed by atoms with Crippen molar-refractivity contribution >= 4 is 11.7 Å². The van der Waals surface area contributed by atoms with Gasteiger partial charge in [0, 0.05) is 13.0 Å². The lowest BCUT2D eigenvalue weighted by atomic mass is 10.2. The zero-order valence-corrected chi connectivity index (χ0v) is 11.2. The Morgan fingerprint density at radius 2 is 2.14 bits per heavy atom. The van der Waals surface area contributed by atoms with E-state index in [1.807, 2.05) is 0 Å². The number of carbonyl (C=O) groups excluding carboxylic acids is 1. The molecule has 1 atom stereocenters. The van der Waals surface area contributed by atoms with Crippen molar-refractivity contribution in [2.24, 2.45) is 0 Å². The standard InChI is InChI=1S/C11H10N2O9/c1-6(14)21-10-8(12(15)16)2-3-9-11(10)22-7(4-19-9)5-20-13(17)18/h2-3,7H,4-5H2,1H3. The maximum Gasteiger partial charge on any atom is 0.315 e. The minimum absolute atomic E-state index is 0.0574. The van der Waals surface area contributed by atoms with Gasteiger partial charge in [0.25, 0.3) is 10.8 Å². The number of nitro benzene ring substituents is 1. The number of hydrogen-bond donors (Lipinski definition) is 0. The number of fused-ring (bicyclic) bond motifs is 1. The van der Waals surface area contributed by atoms with Crippen LogP contribution in [0.3, 0.4) is 0 Å². The van der Waals surface area contributed by atoms with Gasteiger partial charge < -0.3 is 19.0 Å². The molecule has 1 heterocycles. The second-order valence-corrected chi connectivity index (χ2v) is 4.16. The number of ether oxygens (including phenoxy) is 3. The minimum Gasteiger partial charge on any atom is -0.486 e. The number of esters is 1. The maximum absolute atomic E-state index is 11.1. The van der Waals surface area contributed by atoms with E-state index in [0.717, 1.165) is 13.0 Å². The molecule has 1 aromatic rings. The van der Waals surface area contributed by atoms with Gasteiger partial charge >= 0.3 is 11.7 Å². The van der Waals surface area contributed by atoms with Crippen molar-refractivity contribution in [3.8, 4) is 17.2 Å². The third-order valence-electron chi connectivity index (χ3n) is 2.57. The van der Waals surface area contributed by atoms with E-state index in [9.17, 15) is 25.0 Å². The molecule has 22 heavy (non-hydrogen) atoms. The van der Waals surface area contributed by atoms with E-state index in [-0.39, 0.29) is 18.1 Å². The molecule has 0 bridgehead atoms. The summed E-state index contributed by atoms with van der Waals surface area (Å²) in [6.07, 6.45) is -0.880. The van der Waals surface area contributed by atoms with E-state index in [2.05, 4.69) is 4.84 Å². The Kier molecular flexibility index (Phi) is 4.25. The lowest BCUT2D eigenvalue weighted by Crippen LogP contribution is -2.34. The molecular formula is C11H10N2O9. The van der Waals surface area contributed by atoms with Crippen LogP contribution in [0, 0.1) is 20.2 Å². The van der Waals surface area contributed by atoms with Gasteiger partial charge in [-0.15, -0.1) is 10.1 Å². The molecule has 11 heteroatoms. The molecule has 1 aromatic carbocycles. The summed E-state index contributed by atoms with van der Waals surface area (Å²) in [7, 11) is 0. The molecule has 0 spiro atoms. The van der Waals surface area contributed by atoms with Crippen LogP contribution < -0.4 is 14.2 Å². The number of rotatable bonds is 5. The van der Waals surface area contributed by atoms with Gasteiger partial charge in [-0.3, -0.25) is 14.9 Å². The second-order valence-electron chi connectivity index (χ2n) is 4.16. The van der Waals surface area contributed by atoms with Gasteiger partial charge in [0.05, 0.1) is 4.92 Å². The first-order chi connectivity index (χ1) is 10.4. The zero-order valence-electron chi connectivity index (χ0n) is 11.2. The van der Waals surface area contributed by atoms with Gasteiger partial charge in [-0.1, -0.05) is 0 Å². The van der Waals surface area contributed by atoms with Crippen LogP contribution in [-0.4, -0.2) is 35.3 Å². The molecule has 118 valence electrons. The molecule has 1 unspecified atom stereocenters. The van der Waals surface area contributed by atoms with Gasteiger partial charge in [0.1, 0.15) is 13.2 Å². The average molecular weight is 314 g/mol. The molecule has 1 aliphatic heterocycles. The van der Waals surface area contributed by atoms with Crippen LogP contribution in [0.15, 0.2) is 12.1 Å². The third kappa shape index (κ3) is 3.31. The lowest BCUT2D eigenvalue weighted by molar-refractivity contribution is -0.759. The highest BCUT2D eigenvalue weighted by molar-refractivity contribution is 5.74. The predicted octanol–water partition coefficient (Wildman–Crippen LogP) is 0.868. The molecule has 2 rings (SSSR count). The number of benzene rings is 1. The number of carbonyl (C=O) groups is 1. The summed E-state index contributed by atoms with van der Waals surface area (Å²) >= 11 is 0. The van der Waals surface area contributed by atoms with Crippen LogP contribution in [0.25, 0.3) is 0 Å². The predicted molar refractivity (Wildman–Crippen MR) is 67.3 cm³/mol. The fourth-order valence-electron chi connectivity index (χ4n) is 1.76. The Labute approximate surface area is 122 Å². The van der Waals surface area contributed by atoms with Crippen LogP contribution in [-0.2, 0) is 9.63 Å². The number of nitro groups is 1. The summed E-state index contributed by atoms with van der Waals surface area (Å²) in [5, 5.41) is 20.2. The van der Waals surface area contributed by atoms with Gasteiger partial charge in [-0.05, 0) is 6.07 Å². The smallest absolute Gasteiger partial charge is 0.315 e. The van der Waals surface area contributed by atoms with Crippen LogP contribution >= 0.6 is 0 Å². The lowest BCUT2D eigenvalue weighted by Gasteiger charge is -2.26. The molecular weight excluding hydrogens is 304 g/mol. The molecule has 0 saturated carbocycles. The van der Waals surface area contributed by atoms with Crippen molar-refractivity contribution in [2.75, 3.05) is 13.2 Å². The fraction of sp³-hybridized carbons (Fsp3) is 0.364. The zero-order chi connectivity index (χ0) is 16.3. The first kappa shape index (κ1) is 15.3. The van der Waals surface area contributed by atoms with Crippen LogP contribution in [0.1, 0.15) is 6.92 Å². The summed E-state index contributed by atoms with van der Waals surface area (Å²) in [6.45, 7) is 0.576. The summed E-state index contributed by atoms with van der Waals surface area (Å²) in [4.78, 5) is 35.7. The first-order valence-corrected chi connectivity index (χ1v) is 5.95. The van der Waals surface area contributed by atoms with E-state index in [4.69, 9.17) is 14.2 Å². The Morgan fingerprint density at radius 1 is 1.41 bits per heavy atom. The summed E-state index contributed by atoms with van der Waals surface area (Å²) in [6, 6.07) is 2.39. The summed E-state index contributed by atoms with van der Waals surface area (Å²) in [5.74, 6) is -1.25. The van der Waals surface area contributed by atoms with Gasteiger partial charge in [0.15, 0.2) is 11.9 Å². The Hall–Kier alpha value is -3.11. The van der Waals surface area contributed by atoms with Crippen molar-refractivity contribution in [3.05, 3.63) is 32.4 Å². The fourth-order valence-corrected chi connectivity index (χ4v) is 1.76. The van der Waals surface area contributed by atoms with Crippen molar-refractivity contribution < 1.29 is 33.9 Å². The van der Waals surface area contributed by atoms with Gasteiger partial charge in [-0.2, -0.15) is 0 Å². The summed E-state index contributed by atoms with van der Waals surface area (Å²) in [5.41, 5.74) is -0.492. The topological polar surface area (TPSA) is 140 Å². The third-order valence-corrected chi connectivity index (χ3v) is 2.57.